The molecule has 4 rings (SSSR count). The Morgan fingerprint density at radius 2 is 1.77 bits per heavy atom. The van der Waals surface area contributed by atoms with Crippen LogP contribution in [0.15, 0.2) is 48.5 Å². The average Bonchev–Trinajstić information content (AvgIpc) is 3.05. The van der Waals surface area contributed by atoms with E-state index in [1.165, 1.54) is 11.1 Å². The summed E-state index contributed by atoms with van der Waals surface area (Å²) in [6, 6.07) is 16.3. The normalized spacial score (nSPS) is 22.8. The highest BCUT2D eigenvalue weighted by molar-refractivity contribution is 5.79. The van der Waals surface area contributed by atoms with Crippen molar-refractivity contribution in [2.45, 2.75) is 50.2 Å². The number of carboxylic acid groups (broad SMARTS) is 1. The molecule has 1 fully saturated rings. The number of benzene rings is 2. The Kier molecular flexibility index (Phi) is 5.77. The Balaban J connectivity index is 1.47. The van der Waals surface area contributed by atoms with Crippen LogP contribution in [-0.4, -0.2) is 42.0 Å². The van der Waals surface area contributed by atoms with E-state index in [1.54, 1.807) is 0 Å². The van der Waals surface area contributed by atoms with Gasteiger partial charge >= 0.3 is 12.1 Å². The number of rotatable bonds is 6. The summed E-state index contributed by atoms with van der Waals surface area (Å²) in [5.41, 5.74) is 3.78. The molecule has 158 valence electrons. The van der Waals surface area contributed by atoms with Crippen molar-refractivity contribution < 1.29 is 24.2 Å². The third kappa shape index (κ3) is 4.05. The molecule has 2 atom stereocenters. The smallest absolute Gasteiger partial charge is 0.407 e. The molecule has 2 N–H and O–H groups in total. The summed E-state index contributed by atoms with van der Waals surface area (Å²) in [6.07, 6.45) is 0.923. The molecule has 0 bridgehead atoms. The molecule has 2 aromatic rings. The summed E-state index contributed by atoms with van der Waals surface area (Å²) in [4.78, 5) is 24.2. The summed E-state index contributed by atoms with van der Waals surface area (Å²) >= 11 is 0. The van der Waals surface area contributed by atoms with Gasteiger partial charge in [-0.2, -0.15) is 0 Å². The molecule has 2 aromatic carbocycles. The lowest BCUT2D eigenvalue weighted by molar-refractivity contribution is -0.140. The highest BCUT2D eigenvalue weighted by Gasteiger charge is 2.40. The number of fused-ring (bicyclic) bond motifs is 3. The van der Waals surface area contributed by atoms with E-state index in [1.807, 2.05) is 31.2 Å². The molecule has 1 aliphatic heterocycles. The van der Waals surface area contributed by atoms with Gasteiger partial charge in [0.2, 0.25) is 0 Å². The Bertz CT molecular complexity index is 897. The summed E-state index contributed by atoms with van der Waals surface area (Å²) in [5, 5.41) is 12.3. The van der Waals surface area contributed by atoms with E-state index in [0.717, 1.165) is 17.5 Å². The lowest BCUT2D eigenvalue weighted by atomic mass is 9.83. The summed E-state index contributed by atoms with van der Waals surface area (Å²) < 4.78 is 11.3. The first-order valence-electron chi connectivity index (χ1n) is 10.5. The van der Waals surface area contributed by atoms with Crippen molar-refractivity contribution in [2.24, 2.45) is 0 Å². The molecule has 1 heterocycles. The van der Waals surface area contributed by atoms with Gasteiger partial charge in [-0.15, -0.1) is 0 Å². The predicted molar refractivity (Wildman–Crippen MR) is 112 cm³/mol. The molecule has 0 aromatic heterocycles. The van der Waals surface area contributed by atoms with Crippen molar-refractivity contribution in [3.8, 4) is 11.1 Å². The van der Waals surface area contributed by atoms with Crippen molar-refractivity contribution >= 4 is 12.1 Å². The van der Waals surface area contributed by atoms with Crippen LogP contribution < -0.4 is 5.32 Å². The zero-order valence-electron chi connectivity index (χ0n) is 17.1. The number of carbonyl (C=O) groups is 2. The second kappa shape index (κ2) is 8.48. The Hall–Kier alpha value is -2.86. The molecule has 6 heteroatoms. The molecule has 1 amide bonds. The quantitative estimate of drug-likeness (QED) is 0.742. The van der Waals surface area contributed by atoms with Crippen LogP contribution in [0.2, 0.25) is 0 Å². The Morgan fingerprint density at radius 1 is 1.13 bits per heavy atom. The standard InChI is InChI=1S/C24H27NO5/c1-2-16-13-24(11-12-29-16,14-22(26)27)25-23(28)30-15-21-19-9-5-3-7-17(19)18-8-4-6-10-20(18)21/h3-10,16,21H,2,11-15H2,1H3,(H,25,28)(H,26,27). The van der Waals surface area contributed by atoms with E-state index in [-0.39, 0.29) is 25.0 Å². The maximum Gasteiger partial charge on any atom is 0.407 e. The molecule has 2 unspecified atom stereocenters. The summed E-state index contributed by atoms with van der Waals surface area (Å²) in [5.74, 6) is -0.970. The lowest BCUT2D eigenvalue weighted by Gasteiger charge is -2.40. The van der Waals surface area contributed by atoms with Gasteiger partial charge in [-0.3, -0.25) is 4.79 Å². The maximum atomic E-state index is 12.7. The van der Waals surface area contributed by atoms with Crippen LogP contribution in [0.3, 0.4) is 0 Å². The van der Waals surface area contributed by atoms with Crippen molar-refractivity contribution in [3.63, 3.8) is 0 Å². The van der Waals surface area contributed by atoms with Gasteiger partial charge in [0.25, 0.3) is 0 Å². The second-order valence-corrected chi connectivity index (χ2v) is 8.16. The van der Waals surface area contributed by atoms with E-state index in [4.69, 9.17) is 9.47 Å². The van der Waals surface area contributed by atoms with E-state index < -0.39 is 17.6 Å². The van der Waals surface area contributed by atoms with Gasteiger partial charge in [-0.1, -0.05) is 55.5 Å². The monoisotopic (exact) mass is 409 g/mol. The third-order valence-corrected chi connectivity index (χ3v) is 6.21. The fraction of sp³-hybridized carbons (Fsp3) is 0.417. The summed E-state index contributed by atoms with van der Waals surface area (Å²) in [7, 11) is 0. The van der Waals surface area contributed by atoms with Crippen LogP contribution in [0.4, 0.5) is 4.79 Å². The van der Waals surface area contributed by atoms with Crippen LogP contribution in [0.1, 0.15) is 49.7 Å². The zero-order chi connectivity index (χ0) is 21.1. The molecule has 30 heavy (non-hydrogen) atoms. The molecule has 0 radical (unpaired) electrons. The van der Waals surface area contributed by atoms with Crippen LogP contribution in [0.25, 0.3) is 11.1 Å². The number of aliphatic carboxylic acids is 1. The molecule has 2 aliphatic rings. The van der Waals surface area contributed by atoms with Crippen LogP contribution in [0, 0.1) is 0 Å². The van der Waals surface area contributed by atoms with E-state index >= 15 is 0 Å². The van der Waals surface area contributed by atoms with E-state index in [9.17, 15) is 14.7 Å². The second-order valence-electron chi connectivity index (χ2n) is 8.16. The Labute approximate surface area is 176 Å². The van der Waals surface area contributed by atoms with Crippen molar-refractivity contribution in [3.05, 3.63) is 59.7 Å². The van der Waals surface area contributed by atoms with Gasteiger partial charge in [0.15, 0.2) is 0 Å². The van der Waals surface area contributed by atoms with Crippen molar-refractivity contribution in [2.75, 3.05) is 13.2 Å². The predicted octanol–water partition coefficient (Wildman–Crippen LogP) is 4.33. The largest absolute Gasteiger partial charge is 0.481 e. The number of hydrogen-bond donors (Lipinski definition) is 2. The van der Waals surface area contributed by atoms with Crippen LogP contribution in [0.5, 0.6) is 0 Å². The van der Waals surface area contributed by atoms with E-state index in [0.29, 0.717) is 19.4 Å². The van der Waals surface area contributed by atoms with Gasteiger partial charge < -0.3 is 19.9 Å². The highest BCUT2D eigenvalue weighted by atomic mass is 16.5. The minimum absolute atomic E-state index is 0.0309. The fourth-order valence-electron chi connectivity index (χ4n) is 4.74. The van der Waals surface area contributed by atoms with Crippen LogP contribution >= 0.6 is 0 Å². The van der Waals surface area contributed by atoms with E-state index in [2.05, 4.69) is 29.6 Å². The zero-order valence-corrected chi connectivity index (χ0v) is 17.1. The minimum Gasteiger partial charge on any atom is -0.481 e. The first-order chi connectivity index (χ1) is 14.5. The number of carbonyl (C=O) groups excluding carboxylic acids is 1. The molecule has 0 saturated carbocycles. The van der Waals surface area contributed by atoms with Gasteiger partial charge in [0.05, 0.1) is 18.1 Å². The van der Waals surface area contributed by atoms with Gasteiger partial charge in [-0.05, 0) is 41.5 Å². The number of ether oxygens (including phenoxy) is 2. The molecular formula is C24H27NO5. The van der Waals surface area contributed by atoms with Gasteiger partial charge in [-0.25, -0.2) is 4.79 Å². The number of nitrogens with one attached hydrogen (secondary N) is 1. The molecular weight excluding hydrogens is 382 g/mol. The van der Waals surface area contributed by atoms with Gasteiger partial charge in [0.1, 0.15) is 6.61 Å². The summed E-state index contributed by atoms with van der Waals surface area (Å²) in [6.45, 7) is 2.63. The molecule has 1 saturated heterocycles. The number of carboxylic acids is 1. The third-order valence-electron chi connectivity index (χ3n) is 6.21. The molecule has 6 nitrogen and oxygen atoms in total. The first-order valence-corrected chi connectivity index (χ1v) is 10.5. The topological polar surface area (TPSA) is 84.9 Å². The Morgan fingerprint density at radius 3 is 2.37 bits per heavy atom. The van der Waals surface area contributed by atoms with Crippen LogP contribution in [-0.2, 0) is 14.3 Å². The van der Waals surface area contributed by atoms with Gasteiger partial charge in [0, 0.05) is 12.5 Å². The van der Waals surface area contributed by atoms with Crippen molar-refractivity contribution in [1.82, 2.24) is 5.32 Å². The highest BCUT2D eigenvalue weighted by Crippen LogP contribution is 2.44. The average molecular weight is 409 g/mol. The number of amides is 1. The number of alkyl carbamates (subject to hydrolysis) is 1. The molecule has 0 spiro atoms. The molecule has 1 aliphatic carbocycles. The number of hydrogen-bond acceptors (Lipinski definition) is 4. The first kappa shape index (κ1) is 20.4. The maximum absolute atomic E-state index is 12.7. The fourth-order valence-corrected chi connectivity index (χ4v) is 4.74. The minimum atomic E-state index is -0.939. The SMILES string of the molecule is CCC1CC(CC(=O)O)(NC(=O)OCC2c3ccccc3-c3ccccc32)CCO1. The lowest BCUT2D eigenvalue weighted by Crippen LogP contribution is -2.55. The van der Waals surface area contributed by atoms with Crippen molar-refractivity contribution in [1.29, 1.82) is 0 Å².